The highest BCUT2D eigenvalue weighted by molar-refractivity contribution is 5.87. The smallest absolute Gasteiger partial charge is 0.310 e. The molecule has 0 unspecified atom stereocenters. The molecular formula is C22H25NO3. The predicted octanol–water partition coefficient (Wildman–Crippen LogP) is 4.62. The van der Waals surface area contributed by atoms with Crippen LogP contribution in [0, 0.1) is 0 Å². The van der Waals surface area contributed by atoms with E-state index in [1.165, 1.54) is 0 Å². The highest BCUT2D eigenvalue weighted by atomic mass is 16.5. The van der Waals surface area contributed by atoms with Gasteiger partial charge in [-0.05, 0) is 47.7 Å². The zero-order chi connectivity index (χ0) is 18.7. The zero-order valence-electron chi connectivity index (χ0n) is 15.5. The van der Waals surface area contributed by atoms with Crippen LogP contribution in [0.15, 0.2) is 48.7 Å². The minimum Gasteiger partial charge on any atom is -0.508 e. The molecule has 0 saturated carbocycles. The second-order valence-electron chi connectivity index (χ2n) is 6.82. The normalized spacial score (nSPS) is 11.2. The summed E-state index contributed by atoms with van der Waals surface area (Å²) in [4.78, 5) is 11.8. The third-order valence-electron chi connectivity index (χ3n) is 4.61. The average molecular weight is 351 g/mol. The summed E-state index contributed by atoms with van der Waals surface area (Å²) in [6.45, 7) is 7.08. The van der Waals surface area contributed by atoms with Gasteiger partial charge in [-0.3, -0.25) is 4.79 Å². The van der Waals surface area contributed by atoms with Crippen molar-refractivity contribution < 1.29 is 14.6 Å². The van der Waals surface area contributed by atoms with Crippen LogP contribution in [0.5, 0.6) is 5.75 Å². The van der Waals surface area contributed by atoms with Crippen LogP contribution < -0.4 is 0 Å². The molecule has 4 heteroatoms. The van der Waals surface area contributed by atoms with Crippen molar-refractivity contribution in [3.63, 3.8) is 0 Å². The molecule has 136 valence electrons. The van der Waals surface area contributed by atoms with Gasteiger partial charge in [0.05, 0.1) is 13.0 Å². The van der Waals surface area contributed by atoms with Gasteiger partial charge in [0, 0.05) is 23.6 Å². The Kier molecular flexibility index (Phi) is 5.31. The average Bonchev–Trinajstić information content (AvgIpc) is 3.00. The SMILES string of the molecule is CCOC(=O)Cc1cccc2c1ccn2Cc1ccc(O)c(C(C)C)c1. The van der Waals surface area contributed by atoms with Crippen molar-refractivity contribution in [2.75, 3.05) is 6.61 Å². The summed E-state index contributed by atoms with van der Waals surface area (Å²) in [5, 5.41) is 11.1. The summed E-state index contributed by atoms with van der Waals surface area (Å²) in [5.74, 6) is 0.415. The quantitative estimate of drug-likeness (QED) is 0.659. The minimum atomic E-state index is -0.201. The van der Waals surface area contributed by atoms with Crippen molar-refractivity contribution in [3.8, 4) is 5.75 Å². The van der Waals surface area contributed by atoms with Crippen LogP contribution in [0.4, 0.5) is 0 Å². The summed E-state index contributed by atoms with van der Waals surface area (Å²) in [6, 6.07) is 13.8. The molecule has 2 aromatic carbocycles. The van der Waals surface area contributed by atoms with Crippen molar-refractivity contribution >= 4 is 16.9 Å². The van der Waals surface area contributed by atoms with Gasteiger partial charge in [0.25, 0.3) is 0 Å². The number of carbonyl (C=O) groups excluding carboxylic acids is 1. The van der Waals surface area contributed by atoms with Gasteiger partial charge in [0.1, 0.15) is 5.75 Å². The largest absolute Gasteiger partial charge is 0.508 e. The number of esters is 1. The Morgan fingerprint density at radius 1 is 1.19 bits per heavy atom. The molecule has 1 aromatic heterocycles. The van der Waals surface area contributed by atoms with E-state index in [2.05, 4.69) is 30.5 Å². The van der Waals surface area contributed by atoms with Crippen LogP contribution in [0.2, 0.25) is 0 Å². The Balaban J connectivity index is 1.90. The maximum atomic E-state index is 11.8. The van der Waals surface area contributed by atoms with Crippen molar-refractivity contribution in [2.24, 2.45) is 0 Å². The van der Waals surface area contributed by atoms with Gasteiger partial charge in [0.2, 0.25) is 0 Å². The van der Waals surface area contributed by atoms with Gasteiger partial charge in [-0.15, -0.1) is 0 Å². The highest BCUT2D eigenvalue weighted by Gasteiger charge is 2.11. The number of hydrogen-bond acceptors (Lipinski definition) is 3. The van der Waals surface area contributed by atoms with E-state index in [4.69, 9.17) is 4.74 Å². The molecule has 0 bridgehead atoms. The molecule has 0 aliphatic rings. The lowest BCUT2D eigenvalue weighted by molar-refractivity contribution is -0.142. The van der Waals surface area contributed by atoms with Crippen LogP contribution >= 0.6 is 0 Å². The summed E-state index contributed by atoms with van der Waals surface area (Å²) in [6.07, 6.45) is 2.33. The van der Waals surface area contributed by atoms with E-state index < -0.39 is 0 Å². The van der Waals surface area contributed by atoms with E-state index in [1.807, 2.05) is 37.4 Å². The number of aromatic nitrogens is 1. The number of carbonyl (C=O) groups is 1. The molecule has 0 amide bonds. The van der Waals surface area contributed by atoms with E-state index >= 15 is 0 Å². The number of phenolic OH excluding ortho intramolecular Hbond substituents is 1. The molecule has 3 aromatic rings. The van der Waals surface area contributed by atoms with Crippen molar-refractivity contribution in [3.05, 3.63) is 65.4 Å². The van der Waals surface area contributed by atoms with Crippen LogP contribution in [0.3, 0.4) is 0 Å². The Morgan fingerprint density at radius 2 is 2.00 bits per heavy atom. The van der Waals surface area contributed by atoms with Crippen molar-refractivity contribution in [1.29, 1.82) is 0 Å². The lowest BCUT2D eigenvalue weighted by atomic mass is 9.99. The van der Waals surface area contributed by atoms with E-state index in [9.17, 15) is 9.90 Å². The van der Waals surface area contributed by atoms with E-state index in [1.54, 1.807) is 6.07 Å². The van der Waals surface area contributed by atoms with Gasteiger partial charge >= 0.3 is 5.97 Å². The molecule has 0 aliphatic heterocycles. The van der Waals surface area contributed by atoms with Crippen LogP contribution in [-0.2, 0) is 22.5 Å². The monoisotopic (exact) mass is 351 g/mol. The molecule has 0 radical (unpaired) electrons. The Labute approximate surface area is 154 Å². The minimum absolute atomic E-state index is 0.201. The summed E-state index contributed by atoms with van der Waals surface area (Å²) in [5.41, 5.74) is 4.17. The van der Waals surface area contributed by atoms with Gasteiger partial charge < -0.3 is 14.4 Å². The summed E-state index contributed by atoms with van der Waals surface area (Å²) < 4.78 is 7.24. The molecule has 0 fully saturated rings. The van der Waals surface area contributed by atoms with E-state index in [-0.39, 0.29) is 18.3 Å². The highest BCUT2D eigenvalue weighted by Crippen LogP contribution is 2.28. The second kappa shape index (κ2) is 7.65. The molecule has 0 saturated heterocycles. The molecule has 4 nitrogen and oxygen atoms in total. The van der Waals surface area contributed by atoms with Crippen molar-refractivity contribution in [2.45, 2.75) is 39.7 Å². The molecule has 3 rings (SSSR count). The maximum absolute atomic E-state index is 11.8. The molecule has 1 N–H and O–H groups in total. The fraction of sp³-hybridized carbons (Fsp3) is 0.318. The number of hydrogen-bond donors (Lipinski definition) is 1. The summed E-state index contributed by atoms with van der Waals surface area (Å²) in [7, 11) is 0. The number of benzene rings is 2. The Morgan fingerprint density at radius 3 is 2.73 bits per heavy atom. The lowest BCUT2D eigenvalue weighted by Crippen LogP contribution is -2.07. The first-order chi connectivity index (χ1) is 12.5. The number of nitrogens with zero attached hydrogens (tertiary/aromatic N) is 1. The van der Waals surface area contributed by atoms with E-state index in [0.29, 0.717) is 18.9 Å². The Bertz CT molecular complexity index is 924. The van der Waals surface area contributed by atoms with Gasteiger partial charge in [-0.1, -0.05) is 38.1 Å². The molecular weight excluding hydrogens is 326 g/mol. The van der Waals surface area contributed by atoms with E-state index in [0.717, 1.165) is 27.6 Å². The second-order valence-corrected chi connectivity index (χ2v) is 6.82. The Hall–Kier alpha value is -2.75. The molecule has 0 aliphatic carbocycles. The first-order valence-electron chi connectivity index (χ1n) is 9.03. The molecule has 0 spiro atoms. The van der Waals surface area contributed by atoms with Gasteiger partial charge in [-0.25, -0.2) is 0 Å². The third-order valence-corrected chi connectivity index (χ3v) is 4.61. The number of phenols is 1. The standard InChI is InChI=1S/C22H25NO3/c1-4-26-22(25)13-17-6-5-7-20-18(17)10-11-23(20)14-16-8-9-21(24)19(12-16)15(2)3/h5-12,15,24H,4,13-14H2,1-3H3. The van der Waals surface area contributed by atoms with Crippen LogP contribution in [-0.4, -0.2) is 22.2 Å². The fourth-order valence-electron chi connectivity index (χ4n) is 3.31. The van der Waals surface area contributed by atoms with Crippen LogP contribution in [0.1, 0.15) is 43.4 Å². The third kappa shape index (κ3) is 3.74. The fourth-order valence-corrected chi connectivity index (χ4v) is 3.31. The predicted molar refractivity (Wildman–Crippen MR) is 104 cm³/mol. The number of rotatable bonds is 6. The number of fused-ring (bicyclic) bond motifs is 1. The summed E-state index contributed by atoms with van der Waals surface area (Å²) >= 11 is 0. The van der Waals surface area contributed by atoms with Gasteiger partial charge in [-0.2, -0.15) is 0 Å². The maximum Gasteiger partial charge on any atom is 0.310 e. The zero-order valence-corrected chi connectivity index (χ0v) is 15.5. The molecule has 0 atom stereocenters. The van der Waals surface area contributed by atoms with Crippen LogP contribution in [0.25, 0.3) is 10.9 Å². The molecule has 1 heterocycles. The molecule has 26 heavy (non-hydrogen) atoms. The lowest BCUT2D eigenvalue weighted by Gasteiger charge is -2.12. The first kappa shape index (κ1) is 18.1. The first-order valence-corrected chi connectivity index (χ1v) is 9.03. The number of ether oxygens (including phenoxy) is 1. The number of aromatic hydroxyl groups is 1. The van der Waals surface area contributed by atoms with Gasteiger partial charge in [0.15, 0.2) is 0 Å². The topological polar surface area (TPSA) is 51.5 Å². The van der Waals surface area contributed by atoms with Crippen molar-refractivity contribution in [1.82, 2.24) is 4.57 Å².